The van der Waals surface area contributed by atoms with Crippen LogP contribution in [-0.2, 0) is 0 Å². The van der Waals surface area contributed by atoms with E-state index in [0.717, 1.165) is 0 Å². The maximum absolute atomic E-state index is 13.7. The van der Waals surface area contributed by atoms with Crippen LogP contribution >= 0.6 is 0 Å². The predicted octanol–water partition coefficient (Wildman–Crippen LogP) is 2.65. The van der Waals surface area contributed by atoms with Gasteiger partial charge in [0.05, 0.1) is 12.0 Å². The summed E-state index contributed by atoms with van der Waals surface area (Å²) in [6, 6.07) is 8.39. The lowest BCUT2D eigenvalue weighted by molar-refractivity contribution is -0.385. The number of nitro groups is 1. The van der Waals surface area contributed by atoms with E-state index in [1.165, 1.54) is 36.3 Å². The number of ether oxygens (including phenoxy) is 1. The molecular weight excluding hydrogens is 381 g/mol. The molecule has 1 saturated heterocycles. The fourth-order valence-electron chi connectivity index (χ4n) is 3.17. The Hall–Kier alpha value is -3.49. The number of benzene rings is 2. The lowest BCUT2D eigenvalue weighted by Gasteiger charge is -2.35. The number of nitro benzene ring substituents is 1. The predicted molar refractivity (Wildman–Crippen MR) is 103 cm³/mol. The highest BCUT2D eigenvalue weighted by atomic mass is 19.1. The van der Waals surface area contributed by atoms with Gasteiger partial charge in [0.2, 0.25) is 0 Å². The molecule has 0 spiro atoms. The molecule has 1 aliphatic heterocycles. The molecular formula is C20H20FN3O5. The highest BCUT2D eigenvalue weighted by Crippen LogP contribution is 2.28. The van der Waals surface area contributed by atoms with E-state index < -0.39 is 10.7 Å². The molecule has 2 aromatic carbocycles. The van der Waals surface area contributed by atoms with Crippen LogP contribution in [0.2, 0.25) is 0 Å². The molecule has 9 heteroatoms. The van der Waals surface area contributed by atoms with Crippen molar-refractivity contribution in [1.29, 1.82) is 0 Å². The van der Waals surface area contributed by atoms with E-state index >= 15 is 0 Å². The maximum atomic E-state index is 13.7. The number of piperazine rings is 1. The third-order valence-electron chi connectivity index (χ3n) is 4.90. The lowest BCUT2D eigenvalue weighted by Crippen LogP contribution is -2.50. The van der Waals surface area contributed by atoms with Crippen LogP contribution in [0.4, 0.5) is 10.1 Å². The summed E-state index contributed by atoms with van der Waals surface area (Å²) in [4.78, 5) is 38.9. The van der Waals surface area contributed by atoms with Crippen LogP contribution < -0.4 is 4.74 Å². The number of aryl methyl sites for hydroxylation is 1. The number of amides is 2. The Bertz CT molecular complexity index is 971. The molecule has 1 heterocycles. The summed E-state index contributed by atoms with van der Waals surface area (Å²) in [5.74, 6) is -1.02. The molecule has 2 amide bonds. The van der Waals surface area contributed by atoms with Crippen LogP contribution in [-0.4, -0.2) is 59.8 Å². The Morgan fingerprint density at radius 2 is 1.52 bits per heavy atom. The molecule has 0 atom stereocenters. The second-order valence-corrected chi connectivity index (χ2v) is 6.69. The number of hydrogen-bond acceptors (Lipinski definition) is 5. The van der Waals surface area contributed by atoms with Crippen LogP contribution in [0.25, 0.3) is 0 Å². The molecule has 2 aromatic rings. The van der Waals surface area contributed by atoms with E-state index in [1.54, 1.807) is 24.0 Å². The Morgan fingerprint density at radius 1 is 1.00 bits per heavy atom. The maximum Gasteiger partial charge on any atom is 0.311 e. The summed E-state index contributed by atoms with van der Waals surface area (Å²) in [7, 11) is 1.32. The number of nitrogens with zero attached hydrogens (tertiary/aromatic N) is 3. The van der Waals surface area contributed by atoms with Crippen molar-refractivity contribution in [2.75, 3.05) is 33.3 Å². The van der Waals surface area contributed by atoms with Gasteiger partial charge in [0.25, 0.3) is 11.8 Å². The standard InChI is InChI=1S/C20H20FN3O5/c1-13-3-4-14(11-16(13)21)19(25)22-7-9-23(10-8-22)20(26)15-5-6-18(29-2)17(12-15)24(27)28/h3-6,11-12H,7-10H2,1-2H3. The van der Waals surface area contributed by atoms with Gasteiger partial charge in [0.15, 0.2) is 5.75 Å². The van der Waals surface area contributed by atoms with Crippen LogP contribution in [0, 0.1) is 22.9 Å². The summed E-state index contributed by atoms with van der Waals surface area (Å²) >= 11 is 0. The topological polar surface area (TPSA) is 93.0 Å². The van der Waals surface area contributed by atoms with Gasteiger partial charge in [-0.05, 0) is 36.8 Å². The van der Waals surface area contributed by atoms with Gasteiger partial charge in [0, 0.05) is 43.4 Å². The van der Waals surface area contributed by atoms with Crippen LogP contribution in [0.1, 0.15) is 26.3 Å². The summed E-state index contributed by atoms with van der Waals surface area (Å²) in [6.07, 6.45) is 0. The highest BCUT2D eigenvalue weighted by Gasteiger charge is 2.27. The number of carbonyl (C=O) groups is 2. The molecule has 1 fully saturated rings. The van der Waals surface area contributed by atoms with Gasteiger partial charge in [-0.15, -0.1) is 0 Å². The third-order valence-corrected chi connectivity index (χ3v) is 4.90. The zero-order valence-electron chi connectivity index (χ0n) is 16.1. The number of halogens is 1. The van der Waals surface area contributed by atoms with Crippen LogP contribution in [0.3, 0.4) is 0 Å². The van der Waals surface area contributed by atoms with E-state index in [1.807, 2.05) is 0 Å². The minimum absolute atomic E-state index is 0.0762. The Kier molecular flexibility index (Phi) is 5.76. The van der Waals surface area contributed by atoms with E-state index in [-0.39, 0.29) is 60.6 Å². The SMILES string of the molecule is COc1ccc(C(=O)N2CCN(C(=O)c3ccc(C)c(F)c3)CC2)cc1[N+](=O)[O-]. The summed E-state index contributed by atoms with van der Waals surface area (Å²) < 4.78 is 18.7. The molecule has 0 bridgehead atoms. The quantitative estimate of drug-likeness (QED) is 0.580. The molecule has 1 aliphatic rings. The molecule has 152 valence electrons. The second kappa shape index (κ2) is 8.26. The fourth-order valence-corrected chi connectivity index (χ4v) is 3.17. The third kappa shape index (κ3) is 4.18. The smallest absolute Gasteiger partial charge is 0.311 e. The monoisotopic (exact) mass is 401 g/mol. The molecule has 0 N–H and O–H groups in total. The number of rotatable bonds is 4. The molecule has 8 nitrogen and oxygen atoms in total. The van der Waals surface area contributed by atoms with Gasteiger partial charge >= 0.3 is 5.69 Å². The van der Waals surface area contributed by atoms with E-state index in [2.05, 4.69) is 0 Å². The Morgan fingerprint density at radius 3 is 2.00 bits per heavy atom. The molecule has 0 aliphatic carbocycles. The minimum atomic E-state index is -0.604. The summed E-state index contributed by atoms with van der Waals surface area (Å²) in [6.45, 7) is 2.76. The lowest BCUT2D eigenvalue weighted by atomic mass is 10.1. The van der Waals surface area contributed by atoms with Crippen LogP contribution in [0.5, 0.6) is 5.75 Å². The highest BCUT2D eigenvalue weighted by molar-refractivity contribution is 5.96. The second-order valence-electron chi connectivity index (χ2n) is 6.69. The largest absolute Gasteiger partial charge is 0.490 e. The van der Waals surface area contributed by atoms with Crippen molar-refractivity contribution < 1.29 is 23.6 Å². The van der Waals surface area contributed by atoms with Gasteiger partial charge < -0.3 is 14.5 Å². The zero-order chi connectivity index (χ0) is 21.1. The van der Waals surface area contributed by atoms with Crippen molar-refractivity contribution in [2.45, 2.75) is 6.92 Å². The van der Waals surface area contributed by atoms with Gasteiger partial charge in [-0.25, -0.2) is 4.39 Å². The molecule has 0 radical (unpaired) electrons. The molecule has 0 aromatic heterocycles. The average Bonchev–Trinajstić information content (AvgIpc) is 2.74. The van der Waals surface area contributed by atoms with Gasteiger partial charge in [-0.2, -0.15) is 0 Å². The number of carbonyl (C=O) groups excluding carboxylic acids is 2. The van der Waals surface area contributed by atoms with Crippen LogP contribution in [0.15, 0.2) is 36.4 Å². The number of hydrogen-bond donors (Lipinski definition) is 0. The van der Waals surface area contributed by atoms with Crippen molar-refractivity contribution in [3.63, 3.8) is 0 Å². The molecule has 0 unspecified atom stereocenters. The van der Waals surface area contributed by atoms with Gasteiger partial charge in [0.1, 0.15) is 5.82 Å². The first-order chi connectivity index (χ1) is 13.8. The van der Waals surface area contributed by atoms with Crippen molar-refractivity contribution >= 4 is 17.5 Å². The van der Waals surface area contributed by atoms with Crippen molar-refractivity contribution in [3.05, 3.63) is 69.0 Å². The number of methoxy groups -OCH3 is 1. The normalized spacial score (nSPS) is 13.9. The first-order valence-corrected chi connectivity index (χ1v) is 8.99. The average molecular weight is 401 g/mol. The Labute approximate surface area is 166 Å². The van der Waals surface area contributed by atoms with Crippen molar-refractivity contribution in [3.8, 4) is 5.75 Å². The first kappa shape index (κ1) is 20.2. The first-order valence-electron chi connectivity index (χ1n) is 8.99. The fraction of sp³-hybridized carbons (Fsp3) is 0.300. The Balaban J connectivity index is 1.68. The zero-order valence-corrected chi connectivity index (χ0v) is 16.1. The summed E-state index contributed by atoms with van der Waals surface area (Å²) in [5.41, 5.74) is 0.621. The summed E-state index contributed by atoms with van der Waals surface area (Å²) in [5, 5.41) is 11.2. The van der Waals surface area contributed by atoms with Crippen molar-refractivity contribution in [2.24, 2.45) is 0 Å². The minimum Gasteiger partial charge on any atom is -0.490 e. The van der Waals surface area contributed by atoms with E-state index in [9.17, 15) is 24.1 Å². The van der Waals surface area contributed by atoms with E-state index in [0.29, 0.717) is 5.56 Å². The molecule has 3 rings (SSSR count). The van der Waals surface area contributed by atoms with Gasteiger partial charge in [-0.1, -0.05) is 6.07 Å². The molecule has 29 heavy (non-hydrogen) atoms. The van der Waals surface area contributed by atoms with Crippen molar-refractivity contribution in [1.82, 2.24) is 9.80 Å². The molecule has 0 saturated carbocycles. The van der Waals surface area contributed by atoms with Gasteiger partial charge in [-0.3, -0.25) is 19.7 Å². The van der Waals surface area contributed by atoms with E-state index in [4.69, 9.17) is 4.74 Å².